The van der Waals surface area contributed by atoms with Crippen LogP contribution in [-0.4, -0.2) is 34.6 Å². The minimum atomic E-state index is -0.416. The zero-order valence-corrected chi connectivity index (χ0v) is 11.3. The molecule has 2 aromatic heterocycles. The molecule has 0 aliphatic carbocycles. The van der Waals surface area contributed by atoms with Crippen LogP contribution in [0.15, 0.2) is 22.3 Å². The van der Waals surface area contributed by atoms with E-state index in [1.807, 2.05) is 6.07 Å². The van der Waals surface area contributed by atoms with Crippen LogP contribution in [0, 0.1) is 0 Å². The van der Waals surface area contributed by atoms with Gasteiger partial charge in [0, 0.05) is 6.54 Å². The van der Waals surface area contributed by atoms with Crippen molar-refractivity contribution in [3.05, 3.63) is 34.2 Å². The summed E-state index contributed by atoms with van der Waals surface area (Å²) >= 11 is 1.46. The molecule has 2 aromatic rings. The van der Waals surface area contributed by atoms with Gasteiger partial charge in [0.05, 0.1) is 12.8 Å². The van der Waals surface area contributed by atoms with Crippen LogP contribution in [0.1, 0.15) is 22.4 Å². The maximum Gasteiger partial charge on any atom is 0.247 e. The summed E-state index contributed by atoms with van der Waals surface area (Å²) in [5, 5.41) is 11.7. The van der Waals surface area contributed by atoms with Crippen LogP contribution in [0.2, 0.25) is 0 Å². The van der Waals surface area contributed by atoms with E-state index in [-0.39, 0.29) is 5.91 Å². The summed E-state index contributed by atoms with van der Waals surface area (Å²) in [6, 6.07) is 1.52. The lowest BCUT2D eigenvalue weighted by Gasteiger charge is -2.22. The zero-order chi connectivity index (χ0) is 13.2. The molecule has 3 rings (SSSR count). The van der Waals surface area contributed by atoms with Gasteiger partial charge in [0.1, 0.15) is 22.3 Å². The van der Waals surface area contributed by atoms with Gasteiger partial charge in [-0.25, -0.2) is 0 Å². The van der Waals surface area contributed by atoms with Crippen LogP contribution in [0.25, 0.3) is 0 Å². The molecule has 1 atom stereocenters. The van der Waals surface area contributed by atoms with Crippen molar-refractivity contribution in [2.24, 2.45) is 0 Å². The number of nitrogens with one attached hydrogen (secondary N) is 1. The van der Waals surface area contributed by atoms with E-state index in [4.69, 9.17) is 4.42 Å². The Morgan fingerprint density at radius 3 is 3.26 bits per heavy atom. The van der Waals surface area contributed by atoms with Crippen molar-refractivity contribution in [3.8, 4) is 0 Å². The molecule has 0 spiro atoms. The van der Waals surface area contributed by atoms with Gasteiger partial charge in [0.2, 0.25) is 5.91 Å². The van der Waals surface area contributed by atoms with E-state index in [1.54, 1.807) is 23.7 Å². The molecule has 3 heterocycles. The number of hydrogen-bond donors (Lipinski definition) is 1. The first-order chi connectivity index (χ1) is 9.29. The molecule has 6 nitrogen and oxygen atoms in total. The van der Waals surface area contributed by atoms with Gasteiger partial charge in [-0.1, -0.05) is 0 Å². The normalized spacial score (nSPS) is 19.3. The minimum absolute atomic E-state index is 0.0198. The van der Waals surface area contributed by atoms with Crippen LogP contribution < -0.4 is 5.32 Å². The summed E-state index contributed by atoms with van der Waals surface area (Å²) in [4.78, 5) is 14.3. The van der Waals surface area contributed by atoms with Crippen molar-refractivity contribution < 1.29 is 9.21 Å². The van der Waals surface area contributed by atoms with E-state index in [2.05, 4.69) is 15.5 Å². The highest BCUT2D eigenvalue weighted by atomic mass is 32.1. The molecular weight excluding hydrogens is 264 g/mol. The van der Waals surface area contributed by atoms with Crippen LogP contribution in [-0.2, 0) is 17.8 Å². The molecule has 0 saturated carbocycles. The smallest absolute Gasteiger partial charge is 0.247 e. The molecule has 1 aliphatic heterocycles. The predicted molar refractivity (Wildman–Crippen MR) is 69.5 cm³/mol. The van der Waals surface area contributed by atoms with E-state index in [0.29, 0.717) is 13.1 Å². The van der Waals surface area contributed by atoms with Crippen LogP contribution >= 0.6 is 11.3 Å². The molecule has 0 bridgehead atoms. The number of furan rings is 1. The second-order valence-electron chi connectivity index (χ2n) is 4.37. The number of likely N-dealkylation sites (N-methyl/N-ethyl adjacent to an activating group) is 1. The van der Waals surface area contributed by atoms with Gasteiger partial charge in [-0.05, 0) is 25.1 Å². The third kappa shape index (κ3) is 2.26. The topological polar surface area (TPSA) is 71.3 Å². The third-order valence-electron chi connectivity index (χ3n) is 3.27. The summed E-state index contributed by atoms with van der Waals surface area (Å²) in [6.07, 6.45) is 2.44. The molecule has 19 heavy (non-hydrogen) atoms. The van der Waals surface area contributed by atoms with Crippen molar-refractivity contribution in [2.45, 2.75) is 19.0 Å². The average molecular weight is 278 g/mol. The summed E-state index contributed by atoms with van der Waals surface area (Å²) in [7, 11) is 1.77. The Hall–Kier alpha value is -1.73. The molecule has 0 aromatic carbocycles. The molecule has 1 unspecified atom stereocenters. The van der Waals surface area contributed by atoms with Crippen LogP contribution in [0.5, 0.6) is 0 Å². The van der Waals surface area contributed by atoms with Gasteiger partial charge in [0.15, 0.2) is 0 Å². The molecule has 0 saturated heterocycles. The lowest BCUT2D eigenvalue weighted by atomic mass is 10.1. The fraction of sp³-hybridized carbons (Fsp3) is 0.417. The average Bonchev–Trinajstić information content (AvgIpc) is 3.04. The Kier molecular flexibility index (Phi) is 3.31. The van der Waals surface area contributed by atoms with Gasteiger partial charge >= 0.3 is 0 Å². The fourth-order valence-corrected chi connectivity index (χ4v) is 2.85. The second kappa shape index (κ2) is 5.10. The number of nitrogens with zero attached hydrogens (tertiary/aromatic N) is 3. The quantitative estimate of drug-likeness (QED) is 0.906. The maximum absolute atomic E-state index is 12.5. The number of hydrogen-bond acceptors (Lipinski definition) is 6. The molecule has 0 radical (unpaired) electrons. The summed E-state index contributed by atoms with van der Waals surface area (Å²) in [5.41, 5.74) is 2.77. The Labute approximate surface area is 114 Å². The number of carbonyl (C=O) groups excluding carboxylic acids is 1. The molecule has 1 aliphatic rings. The molecule has 7 heteroatoms. The van der Waals surface area contributed by atoms with Gasteiger partial charge in [-0.15, -0.1) is 21.5 Å². The van der Waals surface area contributed by atoms with Crippen molar-refractivity contribution in [1.82, 2.24) is 20.4 Å². The van der Waals surface area contributed by atoms with E-state index < -0.39 is 6.04 Å². The first-order valence-electron chi connectivity index (χ1n) is 6.07. The molecule has 0 fully saturated rings. The lowest BCUT2D eigenvalue weighted by molar-refractivity contribution is -0.134. The third-order valence-corrected chi connectivity index (χ3v) is 3.96. The highest BCUT2D eigenvalue weighted by Crippen LogP contribution is 2.26. The highest BCUT2D eigenvalue weighted by molar-refractivity contribution is 7.09. The fourth-order valence-electron chi connectivity index (χ4n) is 2.31. The van der Waals surface area contributed by atoms with Gasteiger partial charge in [-0.3, -0.25) is 4.79 Å². The number of amides is 1. The zero-order valence-electron chi connectivity index (χ0n) is 10.5. The van der Waals surface area contributed by atoms with Gasteiger partial charge in [0.25, 0.3) is 0 Å². The first kappa shape index (κ1) is 12.3. The van der Waals surface area contributed by atoms with E-state index in [0.717, 1.165) is 22.8 Å². The van der Waals surface area contributed by atoms with Crippen molar-refractivity contribution in [2.75, 3.05) is 13.6 Å². The largest absolute Gasteiger partial charge is 0.467 e. The number of fused-ring (bicyclic) bond motifs is 1. The molecule has 100 valence electrons. The van der Waals surface area contributed by atoms with Crippen molar-refractivity contribution >= 4 is 17.2 Å². The van der Waals surface area contributed by atoms with Gasteiger partial charge in [-0.2, -0.15) is 0 Å². The van der Waals surface area contributed by atoms with Gasteiger partial charge < -0.3 is 14.6 Å². The summed E-state index contributed by atoms with van der Waals surface area (Å²) < 4.78 is 5.46. The van der Waals surface area contributed by atoms with E-state index >= 15 is 0 Å². The lowest BCUT2D eigenvalue weighted by Crippen LogP contribution is -2.38. The Balaban J connectivity index is 1.85. The van der Waals surface area contributed by atoms with E-state index in [1.165, 1.54) is 11.3 Å². The molecule has 1 N–H and O–H groups in total. The Bertz CT molecular complexity index is 566. The van der Waals surface area contributed by atoms with Crippen molar-refractivity contribution in [1.29, 1.82) is 0 Å². The number of aromatic nitrogens is 2. The Morgan fingerprint density at radius 1 is 1.63 bits per heavy atom. The summed E-state index contributed by atoms with van der Waals surface area (Å²) in [6.45, 7) is 1.18. The van der Waals surface area contributed by atoms with Crippen molar-refractivity contribution in [3.63, 3.8) is 0 Å². The second-order valence-corrected chi connectivity index (χ2v) is 5.29. The highest BCUT2D eigenvalue weighted by Gasteiger charge is 2.32. The van der Waals surface area contributed by atoms with E-state index in [9.17, 15) is 4.79 Å². The standard InChI is InChI=1S/C12H14N4O2S/c1-13-10-11-8(3-5-18-11)2-4-16(12(10)17)6-9-15-14-7-19-9/h3,5,7,10,13H,2,4,6H2,1H3. The monoisotopic (exact) mass is 278 g/mol. The summed E-state index contributed by atoms with van der Waals surface area (Å²) in [5.74, 6) is 0.749. The molecule has 1 amide bonds. The number of rotatable bonds is 3. The minimum Gasteiger partial charge on any atom is -0.467 e. The predicted octanol–water partition coefficient (Wildman–Crippen LogP) is 0.976. The number of carbonyl (C=O) groups is 1. The van der Waals surface area contributed by atoms with Crippen LogP contribution in [0.4, 0.5) is 0 Å². The maximum atomic E-state index is 12.5. The SMILES string of the molecule is CNC1C(=O)N(Cc2nncs2)CCc2ccoc21. The Morgan fingerprint density at radius 2 is 2.53 bits per heavy atom. The first-order valence-corrected chi connectivity index (χ1v) is 6.95. The molecular formula is C12H14N4O2S. The van der Waals surface area contributed by atoms with Crippen LogP contribution in [0.3, 0.4) is 0 Å².